The maximum atomic E-state index is 13.3. The number of benzene rings is 2. The zero-order chi connectivity index (χ0) is 20.0. The van der Waals surface area contributed by atoms with E-state index in [0.717, 1.165) is 27.7 Å². The van der Waals surface area contributed by atoms with E-state index in [4.69, 9.17) is 0 Å². The van der Waals surface area contributed by atoms with Crippen molar-refractivity contribution in [3.8, 4) is 0 Å². The van der Waals surface area contributed by atoms with Crippen molar-refractivity contribution in [2.45, 2.75) is 20.8 Å². The lowest BCUT2D eigenvalue weighted by molar-refractivity contribution is -0.119. The van der Waals surface area contributed by atoms with Crippen LogP contribution in [0.5, 0.6) is 0 Å². The largest absolute Gasteiger partial charge is 0.344 e. The summed E-state index contributed by atoms with van der Waals surface area (Å²) in [5.74, 6) is -0.545. The molecule has 3 aromatic rings. The van der Waals surface area contributed by atoms with Crippen LogP contribution in [0.4, 0.5) is 5.69 Å². The molecule has 140 valence electrons. The van der Waals surface area contributed by atoms with E-state index in [1.54, 1.807) is 12.1 Å². The zero-order valence-corrected chi connectivity index (χ0v) is 16.5. The molecular weight excluding hydrogens is 348 g/mol. The van der Waals surface area contributed by atoms with Crippen molar-refractivity contribution < 1.29 is 9.59 Å². The Labute approximate surface area is 164 Å². The summed E-state index contributed by atoms with van der Waals surface area (Å²) in [6, 6.07) is 17.2. The van der Waals surface area contributed by atoms with E-state index >= 15 is 0 Å². The van der Waals surface area contributed by atoms with E-state index in [9.17, 15) is 9.59 Å². The number of carbonyl (C=O) groups excluding carboxylic acids is 2. The van der Waals surface area contributed by atoms with E-state index in [1.807, 2.05) is 64.2 Å². The number of nitrogens with zero attached hydrogens (tertiary/aromatic N) is 2. The van der Waals surface area contributed by atoms with Gasteiger partial charge in [-0.05, 0) is 50.6 Å². The smallest absolute Gasteiger partial charge is 0.266 e. The number of aromatic nitrogens is 1. The highest BCUT2D eigenvalue weighted by Crippen LogP contribution is 2.35. The molecule has 28 heavy (non-hydrogen) atoms. The first-order chi connectivity index (χ1) is 13.4. The van der Waals surface area contributed by atoms with Crippen LogP contribution in [0.3, 0.4) is 0 Å². The Kier molecular flexibility index (Phi) is 4.27. The molecule has 0 atom stereocenters. The molecule has 1 aliphatic rings. The minimum atomic E-state index is -0.281. The van der Waals surface area contributed by atoms with Gasteiger partial charge in [-0.25, -0.2) is 4.90 Å². The standard InChI is InChI=1S/C24H22N2O2/c1-15(2)22-19(23(27)26(24(22)28)17-10-6-5-7-11-17)14-21-16(3)18-12-8-9-13-20(18)25(21)4/h5-14H,1-4H3/b19-14-. The van der Waals surface area contributed by atoms with Crippen LogP contribution in [0.15, 0.2) is 71.3 Å². The van der Waals surface area contributed by atoms with Crippen LogP contribution in [0, 0.1) is 6.92 Å². The Morgan fingerprint density at radius 3 is 2.18 bits per heavy atom. The van der Waals surface area contributed by atoms with Gasteiger partial charge >= 0.3 is 0 Å². The summed E-state index contributed by atoms with van der Waals surface area (Å²) in [5, 5.41) is 1.15. The second-order valence-corrected chi connectivity index (χ2v) is 7.30. The number of amides is 2. The number of anilines is 1. The van der Waals surface area contributed by atoms with Gasteiger partial charge in [-0.3, -0.25) is 9.59 Å². The van der Waals surface area contributed by atoms with E-state index < -0.39 is 0 Å². The quantitative estimate of drug-likeness (QED) is 0.481. The van der Waals surface area contributed by atoms with E-state index in [1.165, 1.54) is 4.90 Å². The van der Waals surface area contributed by atoms with Gasteiger partial charge in [-0.15, -0.1) is 0 Å². The highest BCUT2D eigenvalue weighted by molar-refractivity contribution is 6.38. The van der Waals surface area contributed by atoms with Gasteiger partial charge in [-0.2, -0.15) is 0 Å². The van der Waals surface area contributed by atoms with Gasteiger partial charge in [0.1, 0.15) is 0 Å². The Balaban J connectivity index is 1.93. The van der Waals surface area contributed by atoms with Gasteiger partial charge in [0.05, 0.1) is 16.8 Å². The molecule has 1 aliphatic heterocycles. The molecule has 0 saturated carbocycles. The molecule has 0 radical (unpaired) electrons. The fourth-order valence-electron chi connectivity index (χ4n) is 3.92. The maximum absolute atomic E-state index is 13.3. The molecule has 2 aromatic carbocycles. The summed E-state index contributed by atoms with van der Waals surface area (Å²) >= 11 is 0. The summed E-state index contributed by atoms with van der Waals surface area (Å²) < 4.78 is 2.07. The first kappa shape index (κ1) is 18.0. The van der Waals surface area contributed by atoms with Crippen LogP contribution in [-0.4, -0.2) is 16.4 Å². The average molecular weight is 370 g/mol. The number of allylic oxidation sites excluding steroid dienone is 1. The van der Waals surface area contributed by atoms with E-state index in [0.29, 0.717) is 16.8 Å². The van der Waals surface area contributed by atoms with Crippen molar-refractivity contribution in [3.05, 3.63) is 82.6 Å². The second kappa shape index (κ2) is 6.64. The van der Waals surface area contributed by atoms with Gasteiger partial charge in [0, 0.05) is 23.6 Å². The van der Waals surface area contributed by atoms with Crippen LogP contribution < -0.4 is 4.90 Å². The van der Waals surface area contributed by atoms with Crippen molar-refractivity contribution >= 4 is 34.5 Å². The molecule has 1 aromatic heterocycles. The number of imide groups is 1. The maximum Gasteiger partial charge on any atom is 0.266 e. The zero-order valence-electron chi connectivity index (χ0n) is 16.5. The highest BCUT2D eigenvalue weighted by Gasteiger charge is 2.40. The molecule has 4 heteroatoms. The molecule has 2 heterocycles. The number of rotatable bonds is 2. The van der Waals surface area contributed by atoms with Crippen molar-refractivity contribution in [2.24, 2.45) is 7.05 Å². The molecule has 4 nitrogen and oxygen atoms in total. The third-order valence-corrected chi connectivity index (χ3v) is 5.33. The van der Waals surface area contributed by atoms with E-state index in [2.05, 4.69) is 16.7 Å². The molecular formula is C24H22N2O2. The number of hydrogen-bond acceptors (Lipinski definition) is 2. The molecule has 1 saturated heterocycles. The lowest BCUT2D eigenvalue weighted by Crippen LogP contribution is -2.29. The first-order valence-electron chi connectivity index (χ1n) is 9.29. The Bertz CT molecular complexity index is 1140. The van der Waals surface area contributed by atoms with Gasteiger partial charge in [-0.1, -0.05) is 42.0 Å². The number of para-hydroxylation sites is 2. The minimum absolute atomic E-state index is 0.265. The van der Waals surface area contributed by atoms with E-state index in [-0.39, 0.29) is 11.8 Å². The molecule has 2 amide bonds. The van der Waals surface area contributed by atoms with Crippen molar-refractivity contribution in [2.75, 3.05) is 4.90 Å². The van der Waals surface area contributed by atoms with Crippen LogP contribution >= 0.6 is 0 Å². The molecule has 0 N–H and O–H groups in total. The van der Waals surface area contributed by atoms with Crippen LogP contribution in [0.1, 0.15) is 25.1 Å². The highest BCUT2D eigenvalue weighted by atomic mass is 16.2. The van der Waals surface area contributed by atoms with Crippen LogP contribution in [0.25, 0.3) is 17.0 Å². The molecule has 0 aliphatic carbocycles. The summed E-state index contributed by atoms with van der Waals surface area (Å²) in [6.07, 6.45) is 1.86. The minimum Gasteiger partial charge on any atom is -0.344 e. The number of hydrogen-bond donors (Lipinski definition) is 0. The summed E-state index contributed by atoms with van der Waals surface area (Å²) in [7, 11) is 1.99. The Morgan fingerprint density at radius 2 is 1.54 bits per heavy atom. The van der Waals surface area contributed by atoms with Crippen molar-refractivity contribution in [1.29, 1.82) is 0 Å². The molecule has 0 bridgehead atoms. The third-order valence-electron chi connectivity index (χ3n) is 5.33. The van der Waals surface area contributed by atoms with Crippen LogP contribution in [-0.2, 0) is 16.6 Å². The molecule has 0 unspecified atom stereocenters. The number of fused-ring (bicyclic) bond motifs is 1. The van der Waals surface area contributed by atoms with Gasteiger partial charge in [0.25, 0.3) is 11.8 Å². The molecule has 0 spiro atoms. The van der Waals surface area contributed by atoms with Crippen LogP contribution in [0.2, 0.25) is 0 Å². The fourth-order valence-corrected chi connectivity index (χ4v) is 3.92. The third kappa shape index (κ3) is 2.61. The first-order valence-corrected chi connectivity index (χ1v) is 9.29. The molecule has 1 fully saturated rings. The second-order valence-electron chi connectivity index (χ2n) is 7.30. The van der Waals surface area contributed by atoms with Gasteiger partial charge in [0.2, 0.25) is 0 Å². The van der Waals surface area contributed by atoms with Gasteiger partial charge < -0.3 is 4.57 Å². The average Bonchev–Trinajstić information content (AvgIpc) is 3.08. The van der Waals surface area contributed by atoms with Crippen molar-refractivity contribution in [3.63, 3.8) is 0 Å². The normalized spacial score (nSPS) is 15.9. The summed E-state index contributed by atoms with van der Waals surface area (Å²) in [4.78, 5) is 27.6. The Hall–Kier alpha value is -3.40. The topological polar surface area (TPSA) is 42.3 Å². The lowest BCUT2D eigenvalue weighted by atomic mass is 10.0. The number of aryl methyl sites for hydroxylation is 2. The van der Waals surface area contributed by atoms with Crippen molar-refractivity contribution in [1.82, 2.24) is 4.57 Å². The lowest BCUT2D eigenvalue weighted by Gasteiger charge is -2.12. The predicted molar refractivity (Wildman–Crippen MR) is 113 cm³/mol. The monoisotopic (exact) mass is 370 g/mol. The SMILES string of the molecule is CC(C)=C1C(=O)N(c2ccccc2)C(=O)/C1=C\c1c(C)c2ccccc2n1C. The predicted octanol–water partition coefficient (Wildman–Crippen LogP) is 4.78. The fraction of sp³-hybridized carbons (Fsp3) is 0.167. The Morgan fingerprint density at radius 1 is 0.893 bits per heavy atom. The number of carbonyl (C=O) groups is 2. The van der Waals surface area contributed by atoms with Gasteiger partial charge in [0.15, 0.2) is 0 Å². The molecule has 4 rings (SSSR count). The summed E-state index contributed by atoms with van der Waals surface area (Å²) in [6.45, 7) is 5.79. The summed E-state index contributed by atoms with van der Waals surface area (Å²) in [5.41, 5.74) is 5.49.